The van der Waals surface area contributed by atoms with Gasteiger partial charge in [0, 0.05) is 11.6 Å². The molecule has 0 aliphatic rings. The monoisotopic (exact) mass is 245 g/mol. The molecule has 0 heterocycles. The van der Waals surface area contributed by atoms with Crippen molar-refractivity contribution in [3.05, 3.63) is 45.0 Å². The first kappa shape index (κ1) is 11.7. The molecule has 4 nitrogen and oxygen atoms in total. The van der Waals surface area contributed by atoms with E-state index < -0.39 is 4.92 Å². The first-order valence-corrected chi connectivity index (χ1v) is 4.57. The minimum Gasteiger partial charge on any atom is -0.299 e. The highest BCUT2D eigenvalue weighted by atomic mass is 35.5. The van der Waals surface area contributed by atoms with Gasteiger partial charge in [0.25, 0.3) is 5.69 Å². The molecular formula is C9H5Cl2NO3. The van der Waals surface area contributed by atoms with Crippen molar-refractivity contribution in [3.8, 4) is 0 Å². The SMILES string of the molecule is O=C/C=C(\Cl)c1ccc(Cl)c([N+](=O)[O-])c1. The predicted octanol–water partition coefficient (Wildman–Crippen LogP) is 3.03. The van der Waals surface area contributed by atoms with Crippen LogP contribution in [0.4, 0.5) is 5.69 Å². The summed E-state index contributed by atoms with van der Waals surface area (Å²) in [6, 6.07) is 4.07. The number of nitrogens with zero attached hydrogens (tertiary/aromatic N) is 1. The lowest BCUT2D eigenvalue weighted by Crippen LogP contribution is -1.90. The zero-order chi connectivity index (χ0) is 11.4. The standard InChI is InChI=1S/C9H5Cl2NO3/c10-7(3-4-13)6-1-2-8(11)9(5-6)12(14)15/h1-5H/b7-3-. The Labute approximate surface area is 95.3 Å². The molecule has 0 spiro atoms. The molecule has 6 heteroatoms. The van der Waals surface area contributed by atoms with Gasteiger partial charge in [-0.2, -0.15) is 0 Å². The number of benzene rings is 1. The van der Waals surface area contributed by atoms with Crippen molar-refractivity contribution in [2.75, 3.05) is 0 Å². The van der Waals surface area contributed by atoms with E-state index in [-0.39, 0.29) is 15.7 Å². The second-order valence-corrected chi connectivity index (χ2v) is 3.39. The zero-order valence-corrected chi connectivity index (χ0v) is 8.83. The third-order valence-electron chi connectivity index (χ3n) is 1.63. The van der Waals surface area contributed by atoms with Crippen molar-refractivity contribution in [2.24, 2.45) is 0 Å². The van der Waals surface area contributed by atoms with Gasteiger partial charge in [0.1, 0.15) is 11.3 Å². The van der Waals surface area contributed by atoms with Gasteiger partial charge in [0.05, 0.1) is 9.96 Å². The fraction of sp³-hybridized carbons (Fsp3) is 0. The molecule has 15 heavy (non-hydrogen) atoms. The minimum atomic E-state index is -0.614. The molecule has 0 atom stereocenters. The van der Waals surface area contributed by atoms with E-state index in [2.05, 4.69) is 0 Å². The van der Waals surface area contributed by atoms with Gasteiger partial charge < -0.3 is 0 Å². The molecule has 0 bridgehead atoms. The zero-order valence-electron chi connectivity index (χ0n) is 7.31. The Morgan fingerprint density at radius 1 is 1.47 bits per heavy atom. The van der Waals surface area contributed by atoms with Gasteiger partial charge in [-0.3, -0.25) is 14.9 Å². The van der Waals surface area contributed by atoms with Crippen molar-refractivity contribution in [3.63, 3.8) is 0 Å². The van der Waals surface area contributed by atoms with Crippen LogP contribution < -0.4 is 0 Å². The Balaban J connectivity index is 3.24. The molecule has 0 unspecified atom stereocenters. The van der Waals surface area contributed by atoms with Crippen LogP contribution in [0.15, 0.2) is 24.3 Å². The highest BCUT2D eigenvalue weighted by molar-refractivity contribution is 6.49. The average Bonchev–Trinajstić information content (AvgIpc) is 2.18. The molecule has 0 saturated heterocycles. The molecule has 1 aromatic carbocycles. The summed E-state index contributed by atoms with van der Waals surface area (Å²) >= 11 is 11.3. The van der Waals surface area contributed by atoms with Crippen molar-refractivity contribution in [1.29, 1.82) is 0 Å². The smallest absolute Gasteiger partial charge is 0.288 e. The van der Waals surface area contributed by atoms with Gasteiger partial charge in [-0.1, -0.05) is 29.3 Å². The maximum Gasteiger partial charge on any atom is 0.288 e. The van der Waals surface area contributed by atoms with E-state index in [4.69, 9.17) is 23.2 Å². The molecule has 0 aliphatic carbocycles. The number of allylic oxidation sites excluding steroid dienone is 1. The Bertz CT molecular complexity index is 443. The number of aldehydes is 1. The van der Waals surface area contributed by atoms with Crippen molar-refractivity contribution in [2.45, 2.75) is 0 Å². The summed E-state index contributed by atoms with van der Waals surface area (Å²) in [6.45, 7) is 0. The summed E-state index contributed by atoms with van der Waals surface area (Å²) in [5, 5.41) is 10.7. The largest absolute Gasteiger partial charge is 0.299 e. The van der Waals surface area contributed by atoms with E-state index in [1.165, 1.54) is 18.2 Å². The number of carbonyl (C=O) groups excluding carboxylic acids is 1. The van der Waals surface area contributed by atoms with Crippen LogP contribution in [-0.2, 0) is 4.79 Å². The van der Waals surface area contributed by atoms with E-state index >= 15 is 0 Å². The van der Waals surface area contributed by atoms with Gasteiger partial charge in [0.2, 0.25) is 0 Å². The fourth-order valence-electron chi connectivity index (χ4n) is 0.957. The number of hydrogen-bond acceptors (Lipinski definition) is 3. The Kier molecular flexibility index (Phi) is 3.82. The Morgan fingerprint density at radius 3 is 2.67 bits per heavy atom. The molecule has 78 valence electrons. The van der Waals surface area contributed by atoms with Gasteiger partial charge in [0.15, 0.2) is 0 Å². The third kappa shape index (κ3) is 2.78. The fourth-order valence-corrected chi connectivity index (χ4v) is 1.31. The quantitative estimate of drug-likeness (QED) is 0.356. The maximum atomic E-state index is 10.5. The summed E-state index contributed by atoms with van der Waals surface area (Å²) in [5.41, 5.74) is 0.131. The first-order chi connectivity index (χ1) is 7.06. The number of halogens is 2. The second kappa shape index (κ2) is 4.91. The average molecular weight is 246 g/mol. The van der Waals surface area contributed by atoms with Crippen molar-refractivity contribution in [1.82, 2.24) is 0 Å². The van der Waals surface area contributed by atoms with E-state index in [1.54, 1.807) is 0 Å². The van der Waals surface area contributed by atoms with Crippen LogP contribution in [-0.4, -0.2) is 11.2 Å². The number of carbonyl (C=O) groups is 1. The summed E-state index contributed by atoms with van der Waals surface area (Å²) in [7, 11) is 0. The molecule has 0 N–H and O–H groups in total. The van der Waals surface area contributed by atoms with Gasteiger partial charge in [-0.05, 0) is 12.1 Å². The van der Waals surface area contributed by atoms with Crippen LogP contribution >= 0.6 is 23.2 Å². The normalized spacial score (nSPS) is 11.2. The second-order valence-electron chi connectivity index (χ2n) is 2.57. The van der Waals surface area contributed by atoms with Crippen LogP contribution in [0.5, 0.6) is 0 Å². The first-order valence-electron chi connectivity index (χ1n) is 3.81. The van der Waals surface area contributed by atoms with Crippen LogP contribution in [0.25, 0.3) is 5.03 Å². The van der Waals surface area contributed by atoms with Crippen LogP contribution in [0.1, 0.15) is 5.56 Å². The topological polar surface area (TPSA) is 60.2 Å². The van der Waals surface area contributed by atoms with Crippen LogP contribution in [0, 0.1) is 10.1 Å². The molecule has 0 aliphatic heterocycles. The van der Waals surface area contributed by atoms with Crippen LogP contribution in [0.3, 0.4) is 0 Å². The van der Waals surface area contributed by atoms with Gasteiger partial charge in [-0.15, -0.1) is 0 Å². The molecule has 0 radical (unpaired) electrons. The predicted molar refractivity (Wildman–Crippen MR) is 58.0 cm³/mol. The molecule has 0 aromatic heterocycles. The number of nitro benzene ring substituents is 1. The molecule has 1 rings (SSSR count). The molecule has 0 amide bonds. The lowest BCUT2D eigenvalue weighted by atomic mass is 10.2. The molecular weight excluding hydrogens is 241 g/mol. The highest BCUT2D eigenvalue weighted by Gasteiger charge is 2.13. The number of nitro groups is 1. The van der Waals surface area contributed by atoms with E-state index in [1.807, 2.05) is 0 Å². The maximum absolute atomic E-state index is 10.5. The van der Waals surface area contributed by atoms with E-state index in [9.17, 15) is 14.9 Å². The molecule has 0 fully saturated rings. The lowest BCUT2D eigenvalue weighted by Gasteiger charge is -1.99. The Morgan fingerprint density at radius 2 is 2.13 bits per heavy atom. The van der Waals surface area contributed by atoms with Gasteiger partial charge in [-0.25, -0.2) is 0 Å². The summed E-state index contributed by atoms with van der Waals surface area (Å²) in [4.78, 5) is 20.1. The van der Waals surface area contributed by atoms with Crippen LogP contribution in [0.2, 0.25) is 5.02 Å². The molecule has 1 aromatic rings. The summed E-state index contributed by atoms with van der Waals surface area (Å²) < 4.78 is 0. The van der Waals surface area contributed by atoms with Gasteiger partial charge >= 0.3 is 0 Å². The molecule has 0 saturated carbocycles. The summed E-state index contributed by atoms with van der Waals surface area (Å²) in [5.74, 6) is 0. The minimum absolute atomic E-state index is 0.0271. The van der Waals surface area contributed by atoms with E-state index in [0.29, 0.717) is 11.8 Å². The third-order valence-corrected chi connectivity index (χ3v) is 2.30. The van der Waals surface area contributed by atoms with E-state index in [0.717, 1.165) is 6.08 Å². The number of rotatable bonds is 3. The lowest BCUT2D eigenvalue weighted by molar-refractivity contribution is -0.384. The Hall–Kier alpha value is -1.39. The van der Waals surface area contributed by atoms with Crippen molar-refractivity contribution >= 4 is 40.2 Å². The van der Waals surface area contributed by atoms with Crippen molar-refractivity contribution < 1.29 is 9.72 Å². The summed E-state index contributed by atoms with van der Waals surface area (Å²) in [6.07, 6.45) is 1.61. The number of hydrogen-bond donors (Lipinski definition) is 0. The highest BCUT2D eigenvalue weighted by Crippen LogP contribution is 2.29.